The van der Waals surface area contributed by atoms with Crippen molar-refractivity contribution in [1.29, 1.82) is 0 Å². The molecule has 0 aromatic heterocycles. The van der Waals surface area contributed by atoms with Gasteiger partial charge in [-0.2, -0.15) is 5.57 Å². The van der Waals surface area contributed by atoms with Gasteiger partial charge in [-0.3, -0.25) is 0 Å². The summed E-state index contributed by atoms with van der Waals surface area (Å²) in [6.07, 6.45) is 18.2. The zero-order chi connectivity index (χ0) is 19.7. The summed E-state index contributed by atoms with van der Waals surface area (Å²) in [4.78, 5) is 0. The van der Waals surface area contributed by atoms with E-state index < -0.39 is 8.41 Å². The van der Waals surface area contributed by atoms with Gasteiger partial charge in [0.15, 0.2) is 0 Å². The van der Waals surface area contributed by atoms with E-state index in [2.05, 4.69) is 80.1 Å². The number of allylic oxidation sites excluding steroid dienone is 12. The molecule has 0 heterocycles. The summed E-state index contributed by atoms with van der Waals surface area (Å²) in [5.41, 5.74) is 7.03. The fourth-order valence-electron chi connectivity index (χ4n) is 3.44. The Hall–Kier alpha value is -0.683. The Bertz CT molecular complexity index is 713. The first-order valence-electron chi connectivity index (χ1n) is 9.37. The molecule has 146 valence electrons. The molecule has 0 saturated heterocycles. The van der Waals surface area contributed by atoms with E-state index in [9.17, 15) is 0 Å². The standard InChI is InChI=1S/C19H21Si.2C2H7N.Hf/c1-13-12-16-10-7-11-17(20(3)4)14(2)19(16)18(13)15-8-5-6-9-15;2*1-3-2;/h5-8,10-11,14H,9H2,1-4H3;2*3H,1-2H3;/q-1;;;. The van der Waals surface area contributed by atoms with E-state index >= 15 is 0 Å². The minimum Gasteiger partial charge on any atom is -0.323 e. The second kappa shape index (κ2) is 13.5. The molecule has 0 aliphatic heterocycles. The number of hydrogen-bond donors (Lipinski definition) is 2. The van der Waals surface area contributed by atoms with Crippen LogP contribution in [-0.4, -0.2) is 41.8 Å². The van der Waals surface area contributed by atoms with Gasteiger partial charge in [-0.25, -0.2) is 0 Å². The Morgan fingerprint density at radius 1 is 1.04 bits per heavy atom. The van der Waals surface area contributed by atoms with Crippen molar-refractivity contribution in [3.63, 3.8) is 0 Å². The molecule has 0 aromatic carbocycles. The maximum absolute atomic E-state index is 3.59. The van der Waals surface area contributed by atoms with Gasteiger partial charge in [-0.1, -0.05) is 62.0 Å². The van der Waals surface area contributed by atoms with Crippen molar-refractivity contribution in [3.8, 4) is 0 Å². The van der Waals surface area contributed by atoms with Gasteiger partial charge in [0.05, 0.1) is 0 Å². The second-order valence-electron chi connectivity index (χ2n) is 6.98. The molecule has 0 fully saturated rings. The maximum Gasteiger partial charge on any atom is 0.00715 e. The van der Waals surface area contributed by atoms with Crippen LogP contribution in [0.3, 0.4) is 0 Å². The fraction of sp³-hybridized carbons (Fsp3) is 0.435. The molecule has 1 unspecified atom stereocenters. The van der Waals surface area contributed by atoms with Crippen LogP contribution in [0, 0.1) is 12.0 Å². The normalized spacial score (nSPS) is 19.5. The van der Waals surface area contributed by atoms with Crippen molar-refractivity contribution in [2.75, 3.05) is 28.2 Å². The molecule has 27 heavy (non-hydrogen) atoms. The van der Waals surface area contributed by atoms with Gasteiger partial charge in [0.25, 0.3) is 0 Å². The third kappa shape index (κ3) is 7.01. The number of nitrogens with one attached hydrogen (secondary N) is 2. The average Bonchev–Trinajstić information content (AvgIpc) is 3.16. The van der Waals surface area contributed by atoms with E-state index in [-0.39, 0.29) is 25.8 Å². The van der Waals surface area contributed by atoms with Gasteiger partial charge in [0.1, 0.15) is 0 Å². The maximum atomic E-state index is 3.59. The molecule has 2 N–H and O–H groups in total. The van der Waals surface area contributed by atoms with E-state index in [1.54, 1.807) is 5.17 Å². The van der Waals surface area contributed by atoms with Crippen LogP contribution in [-0.2, 0) is 25.8 Å². The third-order valence-electron chi connectivity index (χ3n) is 4.36. The zero-order valence-electron chi connectivity index (χ0n) is 18.2. The largest absolute Gasteiger partial charge is 0.323 e. The molecule has 3 aliphatic rings. The summed E-state index contributed by atoms with van der Waals surface area (Å²) < 4.78 is 0. The Kier molecular flexibility index (Phi) is 13.1. The molecule has 0 bridgehead atoms. The Morgan fingerprint density at radius 2 is 1.63 bits per heavy atom. The molecule has 3 rings (SSSR count). The van der Waals surface area contributed by atoms with Gasteiger partial charge in [0, 0.05) is 34.3 Å². The van der Waals surface area contributed by atoms with Crippen molar-refractivity contribution < 1.29 is 25.8 Å². The minimum absolute atomic E-state index is 0. The van der Waals surface area contributed by atoms with Crippen LogP contribution in [0.5, 0.6) is 0 Å². The van der Waals surface area contributed by atoms with Crippen molar-refractivity contribution in [2.24, 2.45) is 5.92 Å². The van der Waals surface area contributed by atoms with Crippen LogP contribution in [0.15, 0.2) is 64.3 Å². The second-order valence-corrected chi connectivity index (χ2v) is 9.56. The smallest absolute Gasteiger partial charge is 0.00715 e. The molecule has 0 radical (unpaired) electrons. The molecule has 0 spiro atoms. The number of rotatable bonds is 1. The fourth-order valence-corrected chi connectivity index (χ4v) is 4.88. The summed E-state index contributed by atoms with van der Waals surface area (Å²) >= 11 is 0. The molecule has 1 atom stereocenters. The average molecular weight is 546 g/mol. The first-order valence-corrected chi connectivity index (χ1v) is 11.9. The van der Waals surface area contributed by atoms with Crippen molar-refractivity contribution >= 4 is 13.6 Å². The summed E-state index contributed by atoms with van der Waals surface area (Å²) in [6.45, 7) is 9.36. The van der Waals surface area contributed by atoms with Gasteiger partial charge in [0.2, 0.25) is 0 Å². The molecular formula is C23H35HfN2Si-. The molecule has 2 nitrogen and oxygen atoms in total. The Morgan fingerprint density at radius 3 is 2.11 bits per heavy atom. The van der Waals surface area contributed by atoms with Gasteiger partial charge in [-0.05, 0) is 40.5 Å². The van der Waals surface area contributed by atoms with Crippen molar-refractivity contribution in [1.82, 2.24) is 10.6 Å². The van der Waals surface area contributed by atoms with E-state index in [0.29, 0.717) is 5.92 Å². The SMILES string of the molecule is CC1=[C-]C2=CC=CC(=[Si](C)C)C(C)C2=C1C1=CC=CC1.CNC.CNC.[Hf]. The quantitative estimate of drug-likeness (QED) is 0.380. The molecular weight excluding hydrogens is 511 g/mol. The summed E-state index contributed by atoms with van der Waals surface area (Å²) in [6, 6.07) is 0. The first-order chi connectivity index (χ1) is 12.4. The van der Waals surface area contributed by atoms with E-state index in [0.717, 1.165) is 6.42 Å². The van der Waals surface area contributed by atoms with E-state index in [4.69, 9.17) is 0 Å². The zero-order valence-corrected chi connectivity index (χ0v) is 22.8. The molecule has 0 aromatic rings. The van der Waals surface area contributed by atoms with Crippen LogP contribution < -0.4 is 10.6 Å². The number of fused-ring (bicyclic) bond motifs is 1. The van der Waals surface area contributed by atoms with Crippen LogP contribution in [0.2, 0.25) is 13.1 Å². The van der Waals surface area contributed by atoms with Gasteiger partial charge in [-0.15, -0.1) is 34.9 Å². The molecule has 0 amide bonds. The van der Waals surface area contributed by atoms with Crippen molar-refractivity contribution in [3.05, 3.63) is 70.4 Å². The van der Waals surface area contributed by atoms with Crippen LogP contribution >= 0.6 is 0 Å². The van der Waals surface area contributed by atoms with Gasteiger partial charge < -0.3 is 10.6 Å². The van der Waals surface area contributed by atoms with E-state index in [1.165, 1.54) is 27.9 Å². The summed E-state index contributed by atoms with van der Waals surface area (Å²) in [5.74, 6) is 0.519. The van der Waals surface area contributed by atoms with Crippen LogP contribution in [0.1, 0.15) is 20.3 Å². The van der Waals surface area contributed by atoms with Crippen molar-refractivity contribution in [2.45, 2.75) is 33.4 Å². The summed E-state index contributed by atoms with van der Waals surface area (Å²) in [7, 11) is 7.08. The molecule has 3 aliphatic carbocycles. The topological polar surface area (TPSA) is 24.1 Å². The van der Waals surface area contributed by atoms with E-state index in [1.807, 2.05) is 28.2 Å². The predicted molar refractivity (Wildman–Crippen MR) is 120 cm³/mol. The van der Waals surface area contributed by atoms with Gasteiger partial charge >= 0.3 is 0 Å². The Labute approximate surface area is 187 Å². The Balaban J connectivity index is 0.000000860. The minimum atomic E-state index is -0.418. The first kappa shape index (κ1) is 26.3. The predicted octanol–water partition coefficient (Wildman–Crippen LogP) is 4.24. The van der Waals surface area contributed by atoms with Crippen LogP contribution in [0.4, 0.5) is 0 Å². The molecule has 0 saturated carbocycles. The molecule has 4 heteroatoms. The van der Waals surface area contributed by atoms with Crippen LogP contribution in [0.25, 0.3) is 0 Å². The monoisotopic (exact) mass is 547 g/mol. The number of hydrogen-bond acceptors (Lipinski definition) is 2. The summed E-state index contributed by atoms with van der Waals surface area (Å²) in [5, 5.41) is 7.12. The third-order valence-corrected chi connectivity index (χ3v) is 6.12.